The maximum Gasteiger partial charge on any atom is 0.313 e. The van der Waals surface area contributed by atoms with Crippen molar-refractivity contribution in [1.82, 2.24) is 10.2 Å². The second-order valence-electron chi connectivity index (χ2n) is 7.63. The van der Waals surface area contributed by atoms with Crippen LogP contribution in [0.4, 0.5) is 5.69 Å². The van der Waals surface area contributed by atoms with Crippen LogP contribution in [0.2, 0.25) is 0 Å². The molecule has 1 heterocycles. The Labute approximate surface area is 156 Å². The second kappa shape index (κ2) is 9.17. The summed E-state index contributed by atoms with van der Waals surface area (Å²) < 4.78 is 0. The summed E-state index contributed by atoms with van der Waals surface area (Å²) in [5.74, 6) is -0.645. The number of benzene rings is 1. The van der Waals surface area contributed by atoms with Crippen LogP contribution >= 0.6 is 0 Å². The molecule has 142 valence electrons. The molecule has 2 aliphatic rings. The summed E-state index contributed by atoms with van der Waals surface area (Å²) in [5.41, 5.74) is 1.86. The number of piperidine rings is 1. The minimum atomic E-state index is -0.586. The first-order valence-electron chi connectivity index (χ1n) is 10.1. The number of aryl methyl sites for hydroxylation is 1. The Kier molecular flexibility index (Phi) is 6.67. The van der Waals surface area contributed by atoms with E-state index in [4.69, 9.17) is 0 Å². The summed E-state index contributed by atoms with van der Waals surface area (Å²) in [4.78, 5) is 26.7. The molecular weight excluding hydrogens is 326 g/mol. The normalized spacial score (nSPS) is 19.4. The Morgan fingerprint density at radius 1 is 1.00 bits per heavy atom. The molecule has 0 radical (unpaired) electrons. The summed E-state index contributed by atoms with van der Waals surface area (Å²) in [6.45, 7) is 4.93. The van der Waals surface area contributed by atoms with E-state index in [1.54, 1.807) is 0 Å². The van der Waals surface area contributed by atoms with Gasteiger partial charge in [0.25, 0.3) is 0 Å². The van der Waals surface area contributed by atoms with Crippen LogP contribution < -0.4 is 10.6 Å². The van der Waals surface area contributed by atoms with Gasteiger partial charge in [-0.2, -0.15) is 0 Å². The van der Waals surface area contributed by atoms with Gasteiger partial charge in [0, 0.05) is 18.3 Å². The number of rotatable bonds is 5. The number of hydrogen-bond acceptors (Lipinski definition) is 3. The molecule has 1 aromatic carbocycles. The summed E-state index contributed by atoms with van der Waals surface area (Å²) in [6.07, 6.45) is 8.61. The van der Waals surface area contributed by atoms with Gasteiger partial charge in [-0.3, -0.25) is 9.59 Å². The van der Waals surface area contributed by atoms with Gasteiger partial charge in [0.15, 0.2) is 0 Å². The molecule has 2 amide bonds. The predicted octanol–water partition coefficient (Wildman–Crippen LogP) is 2.96. The maximum atomic E-state index is 12.1. The Hall–Kier alpha value is -1.88. The van der Waals surface area contributed by atoms with Gasteiger partial charge < -0.3 is 15.5 Å². The summed E-state index contributed by atoms with van der Waals surface area (Å²) >= 11 is 0. The van der Waals surface area contributed by atoms with Crippen LogP contribution in [0.1, 0.15) is 51.0 Å². The maximum absolute atomic E-state index is 12.1. The molecule has 1 saturated carbocycles. The Morgan fingerprint density at radius 3 is 2.27 bits per heavy atom. The minimum Gasteiger partial charge on any atom is -0.348 e. The van der Waals surface area contributed by atoms with Crippen molar-refractivity contribution in [3.05, 3.63) is 29.8 Å². The Morgan fingerprint density at radius 2 is 1.65 bits per heavy atom. The third kappa shape index (κ3) is 5.07. The Balaban J connectivity index is 1.37. The fourth-order valence-electron chi connectivity index (χ4n) is 4.12. The van der Waals surface area contributed by atoms with Crippen LogP contribution in [0.25, 0.3) is 0 Å². The van der Waals surface area contributed by atoms with Gasteiger partial charge in [-0.1, -0.05) is 31.9 Å². The first-order chi connectivity index (χ1) is 12.7. The van der Waals surface area contributed by atoms with E-state index in [0.717, 1.165) is 38.4 Å². The van der Waals surface area contributed by atoms with Gasteiger partial charge >= 0.3 is 11.8 Å². The first-order valence-corrected chi connectivity index (χ1v) is 10.1. The number of carbonyl (C=O) groups excluding carboxylic acids is 2. The van der Waals surface area contributed by atoms with Crippen molar-refractivity contribution in [3.63, 3.8) is 0 Å². The fourth-order valence-corrected chi connectivity index (χ4v) is 4.12. The van der Waals surface area contributed by atoms with E-state index < -0.39 is 11.8 Å². The van der Waals surface area contributed by atoms with Crippen LogP contribution in [0.5, 0.6) is 0 Å². The fraction of sp³-hybridized carbons (Fsp3) is 0.619. The molecule has 1 aromatic rings. The van der Waals surface area contributed by atoms with E-state index in [-0.39, 0.29) is 0 Å². The van der Waals surface area contributed by atoms with Crippen molar-refractivity contribution >= 4 is 17.5 Å². The number of hydrogen-bond donors (Lipinski definition) is 2. The molecular formula is C21H31N3O2. The number of nitrogens with zero attached hydrogens (tertiary/aromatic N) is 1. The number of amides is 2. The smallest absolute Gasteiger partial charge is 0.313 e. The monoisotopic (exact) mass is 357 g/mol. The van der Waals surface area contributed by atoms with Gasteiger partial charge in [-0.15, -0.1) is 0 Å². The predicted molar refractivity (Wildman–Crippen MR) is 104 cm³/mol. The summed E-state index contributed by atoms with van der Waals surface area (Å²) in [5, 5.41) is 5.48. The molecule has 1 aliphatic carbocycles. The average molecular weight is 357 g/mol. The molecule has 1 aliphatic heterocycles. The van der Waals surface area contributed by atoms with Gasteiger partial charge in [-0.25, -0.2) is 0 Å². The zero-order valence-electron chi connectivity index (χ0n) is 15.8. The van der Waals surface area contributed by atoms with Gasteiger partial charge in [0.1, 0.15) is 0 Å². The zero-order valence-corrected chi connectivity index (χ0v) is 15.8. The lowest BCUT2D eigenvalue weighted by Crippen LogP contribution is -2.44. The SMILES string of the molecule is CCc1ccc(NC(=O)C(=O)NCC2CCN(C3CCCC3)CC2)cc1. The highest BCUT2D eigenvalue weighted by Gasteiger charge is 2.27. The highest BCUT2D eigenvalue weighted by molar-refractivity contribution is 6.39. The van der Waals surface area contributed by atoms with Gasteiger partial charge in [0.2, 0.25) is 0 Å². The van der Waals surface area contributed by atoms with E-state index in [9.17, 15) is 9.59 Å². The van der Waals surface area contributed by atoms with E-state index in [0.29, 0.717) is 18.2 Å². The topological polar surface area (TPSA) is 61.4 Å². The molecule has 5 nitrogen and oxygen atoms in total. The molecule has 0 aromatic heterocycles. The highest BCUT2D eigenvalue weighted by Crippen LogP contribution is 2.27. The molecule has 5 heteroatoms. The molecule has 2 fully saturated rings. The molecule has 26 heavy (non-hydrogen) atoms. The van der Waals surface area contributed by atoms with Crippen LogP contribution in [0.3, 0.4) is 0 Å². The molecule has 0 unspecified atom stereocenters. The Bertz CT molecular complexity index is 600. The lowest BCUT2D eigenvalue weighted by Gasteiger charge is -2.36. The molecule has 0 atom stereocenters. The molecule has 1 saturated heterocycles. The minimum absolute atomic E-state index is 0.480. The quantitative estimate of drug-likeness (QED) is 0.797. The molecule has 0 spiro atoms. The van der Waals surface area contributed by atoms with Crippen molar-refractivity contribution in [1.29, 1.82) is 0 Å². The lowest BCUT2D eigenvalue weighted by atomic mass is 9.95. The van der Waals surface area contributed by atoms with Crippen LogP contribution in [0, 0.1) is 5.92 Å². The van der Waals surface area contributed by atoms with Crippen LogP contribution in [-0.2, 0) is 16.0 Å². The molecule has 2 N–H and O–H groups in total. The third-order valence-corrected chi connectivity index (χ3v) is 5.87. The van der Waals surface area contributed by atoms with Crippen molar-refractivity contribution < 1.29 is 9.59 Å². The standard InChI is InChI=1S/C21H31N3O2/c1-2-16-7-9-18(10-8-16)23-21(26)20(25)22-15-17-11-13-24(14-12-17)19-5-3-4-6-19/h7-10,17,19H,2-6,11-15H2,1H3,(H,22,25)(H,23,26). The van der Waals surface area contributed by atoms with Gasteiger partial charge in [0.05, 0.1) is 0 Å². The van der Waals surface area contributed by atoms with Crippen LogP contribution in [0.15, 0.2) is 24.3 Å². The second-order valence-corrected chi connectivity index (χ2v) is 7.63. The molecule has 0 bridgehead atoms. The highest BCUT2D eigenvalue weighted by atomic mass is 16.2. The lowest BCUT2D eigenvalue weighted by molar-refractivity contribution is -0.136. The first kappa shape index (κ1) is 18.9. The van der Waals surface area contributed by atoms with E-state index in [1.165, 1.54) is 31.2 Å². The number of anilines is 1. The number of carbonyl (C=O) groups is 2. The van der Waals surface area contributed by atoms with E-state index in [1.807, 2.05) is 24.3 Å². The third-order valence-electron chi connectivity index (χ3n) is 5.87. The average Bonchev–Trinajstić information content (AvgIpc) is 3.22. The van der Waals surface area contributed by atoms with Gasteiger partial charge in [-0.05, 0) is 68.8 Å². The number of likely N-dealkylation sites (tertiary alicyclic amines) is 1. The zero-order chi connectivity index (χ0) is 18.4. The van der Waals surface area contributed by atoms with Crippen molar-refractivity contribution in [2.24, 2.45) is 5.92 Å². The molecule has 3 rings (SSSR count). The largest absolute Gasteiger partial charge is 0.348 e. The van der Waals surface area contributed by atoms with Crippen LogP contribution in [-0.4, -0.2) is 42.4 Å². The van der Waals surface area contributed by atoms with E-state index >= 15 is 0 Å². The van der Waals surface area contributed by atoms with E-state index in [2.05, 4.69) is 22.5 Å². The summed E-state index contributed by atoms with van der Waals surface area (Å²) in [7, 11) is 0. The van der Waals surface area contributed by atoms with Crippen molar-refractivity contribution in [2.45, 2.75) is 57.9 Å². The van der Waals surface area contributed by atoms with Crippen molar-refractivity contribution in [3.8, 4) is 0 Å². The summed E-state index contributed by atoms with van der Waals surface area (Å²) in [6, 6.07) is 8.39. The number of nitrogens with one attached hydrogen (secondary N) is 2. The van der Waals surface area contributed by atoms with Crippen molar-refractivity contribution in [2.75, 3.05) is 25.0 Å².